The summed E-state index contributed by atoms with van der Waals surface area (Å²) in [6.07, 6.45) is 6.34. The van der Waals surface area contributed by atoms with Gasteiger partial charge in [0.05, 0.1) is 12.6 Å². The Morgan fingerprint density at radius 2 is 1.84 bits per heavy atom. The van der Waals surface area contributed by atoms with Gasteiger partial charge in [-0.1, -0.05) is 56.8 Å². The van der Waals surface area contributed by atoms with Crippen LogP contribution in [-0.2, 0) is 16.0 Å². The molecule has 1 aromatic heterocycles. The molecule has 3 rings (SSSR count). The maximum absolute atomic E-state index is 13.5. The molecule has 1 aliphatic heterocycles. The molecular weight excluding hydrogens is 428 g/mol. The minimum absolute atomic E-state index is 0.0248. The maximum atomic E-state index is 13.5. The van der Waals surface area contributed by atoms with E-state index in [9.17, 15) is 9.59 Å². The summed E-state index contributed by atoms with van der Waals surface area (Å²) in [4.78, 5) is 31.4. The largest absolute Gasteiger partial charge is 0.333 e. The molecule has 0 spiro atoms. The Kier molecular flexibility index (Phi) is 8.97. The number of halogens is 1. The van der Waals surface area contributed by atoms with Gasteiger partial charge in [0.2, 0.25) is 11.8 Å². The van der Waals surface area contributed by atoms with Gasteiger partial charge in [0, 0.05) is 29.4 Å². The SMILES string of the molecule is CCCCCC(=O)N(CCCC)CC(=O)N1CCc2sccc2C1c1ccc(Cl)cc1. The molecule has 168 valence electrons. The zero-order valence-corrected chi connectivity index (χ0v) is 20.2. The van der Waals surface area contributed by atoms with Crippen molar-refractivity contribution in [2.24, 2.45) is 0 Å². The number of fused-ring (bicyclic) bond motifs is 1. The van der Waals surface area contributed by atoms with Crippen LogP contribution in [0.4, 0.5) is 0 Å². The Bertz CT molecular complexity index is 865. The molecule has 1 aliphatic rings. The van der Waals surface area contributed by atoms with Crippen molar-refractivity contribution >= 4 is 34.8 Å². The molecule has 1 atom stereocenters. The van der Waals surface area contributed by atoms with Gasteiger partial charge in [0.25, 0.3) is 0 Å². The van der Waals surface area contributed by atoms with Crippen molar-refractivity contribution in [3.05, 3.63) is 56.7 Å². The van der Waals surface area contributed by atoms with E-state index in [2.05, 4.69) is 25.3 Å². The van der Waals surface area contributed by atoms with Crippen LogP contribution in [0.1, 0.15) is 74.4 Å². The van der Waals surface area contributed by atoms with E-state index in [4.69, 9.17) is 11.6 Å². The molecular formula is C25H33ClN2O2S. The van der Waals surface area contributed by atoms with Crippen LogP contribution in [0, 0.1) is 0 Å². The molecule has 2 aromatic rings. The van der Waals surface area contributed by atoms with Gasteiger partial charge in [-0.25, -0.2) is 0 Å². The van der Waals surface area contributed by atoms with Crippen LogP contribution in [0.25, 0.3) is 0 Å². The highest BCUT2D eigenvalue weighted by Crippen LogP contribution is 2.38. The lowest BCUT2D eigenvalue weighted by Gasteiger charge is -2.37. The van der Waals surface area contributed by atoms with E-state index in [1.807, 2.05) is 29.2 Å². The Morgan fingerprint density at radius 1 is 1.10 bits per heavy atom. The number of nitrogens with zero attached hydrogens (tertiary/aromatic N) is 2. The number of amides is 2. The molecule has 0 saturated carbocycles. The van der Waals surface area contributed by atoms with Gasteiger partial charge in [-0.15, -0.1) is 11.3 Å². The van der Waals surface area contributed by atoms with Gasteiger partial charge in [-0.2, -0.15) is 0 Å². The Labute approximate surface area is 195 Å². The summed E-state index contributed by atoms with van der Waals surface area (Å²) < 4.78 is 0. The molecule has 4 nitrogen and oxygen atoms in total. The Morgan fingerprint density at radius 3 is 2.55 bits per heavy atom. The van der Waals surface area contributed by atoms with Crippen LogP contribution in [-0.4, -0.2) is 41.2 Å². The van der Waals surface area contributed by atoms with Crippen LogP contribution >= 0.6 is 22.9 Å². The third-order valence-electron chi connectivity index (χ3n) is 5.93. The summed E-state index contributed by atoms with van der Waals surface area (Å²) in [5.74, 6) is 0.128. The summed E-state index contributed by atoms with van der Waals surface area (Å²) in [6.45, 7) is 5.73. The van der Waals surface area contributed by atoms with E-state index in [-0.39, 0.29) is 24.4 Å². The second-order valence-corrected chi connectivity index (χ2v) is 9.65. The molecule has 31 heavy (non-hydrogen) atoms. The molecule has 0 bridgehead atoms. The fourth-order valence-corrected chi connectivity index (χ4v) is 5.20. The molecule has 0 radical (unpaired) electrons. The third-order valence-corrected chi connectivity index (χ3v) is 7.18. The highest BCUT2D eigenvalue weighted by atomic mass is 35.5. The van der Waals surface area contributed by atoms with E-state index >= 15 is 0 Å². The van der Waals surface area contributed by atoms with Crippen molar-refractivity contribution in [3.8, 4) is 0 Å². The van der Waals surface area contributed by atoms with Gasteiger partial charge < -0.3 is 9.80 Å². The summed E-state index contributed by atoms with van der Waals surface area (Å²) in [6, 6.07) is 9.78. The maximum Gasteiger partial charge on any atom is 0.242 e. The van der Waals surface area contributed by atoms with E-state index in [1.165, 1.54) is 10.4 Å². The molecule has 2 heterocycles. The molecule has 0 N–H and O–H groups in total. The van der Waals surface area contributed by atoms with Crippen molar-refractivity contribution in [2.75, 3.05) is 19.6 Å². The molecule has 6 heteroatoms. The third kappa shape index (κ3) is 6.11. The number of hydrogen-bond donors (Lipinski definition) is 0. The quantitative estimate of drug-likeness (QED) is 0.403. The number of carbonyl (C=O) groups is 2. The lowest BCUT2D eigenvalue weighted by atomic mass is 9.93. The second kappa shape index (κ2) is 11.7. The average Bonchev–Trinajstić information content (AvgIpc) is 3.25. The van der Waals surface area contributed by atoms with Crippen molar-refractivity contribution in [1.29, 1.82) is 0 Å². The molecule has 1 aromatic carbocycles. The van der Waals surface area contributed by atoms with Crippen LogP contribution < -0.4 is 0 Å². The van der Waals surface area contributed by atoms with Gasteiger partial charge >= 0.3 is 0 Å². The molecule has 1 unspecified atom stereocenters. The Hall–Kier alpha value is -1.85. The first-order valence-electron chi connectivity index (χ1n) is 11.4. The molecule has 2 amide bonds. The van der Waals surface area contributed by atoms with Crippen molar-refractivity contribution in [3.63, 3.8) is 0 Å². The first kappa shape index (κ1) is 23.8. The molecule has 0 saturated heterocycles. The van der Waals surface area contributed by atoms with E-state index in [0.29, 0.717) is 24.5 Å². The summed E-state index contributed by atoms with van der Waals surface area (Å²) in [5, 5.41) is 2.79. The first-order chi connectivity index (χ1) is 15.0. The van der Waals surface area contributed by atoms with Gasteiger partial charge in [0.1, 0.15) is 0 Å². The fourth-order valence-electron chi connectivity index (χ4n) is 4.17. The smallest absolute Gasteiger partial charge is 0.242 e. The lowest BCUT2D eigenvalue weighted by Crippen LogP contribution is -2.47. The first-order valence-corrected chi connectivity index (χ1v) is 12.7. The number of rotatable bonds is 10. The highest BCUT2D eigenvalue weighted by Gasteiger charge is 2.33. The zero-order chi connectivity index (χ0) is 22.2. The lowest BCUT2D eigenvalue weighted by molar-refractivity contribution is -0.141. The van der Waals surface area contributed by atoms with E-state index < -0.39 is 0 Å². The average molecular weight is 461 g/mol. The number of hydrogen-bond acceptors (Lipinski definition) is 3. The van der Waals surface area contributed by atoms with Crippen LogP contribution in [0.5, 0.6) is 0 Å². The molecule has 0 aliphatic carbocycles. The molecule has 0 fully saturated rings. The minimum Gasteiger partial charge on any atom is -0.333 e. The van der Waals surface area contributed by atoms with Crippen molar-refractivity contribution in [1.82, 2.24) is 9.80 Å². The summed E-state index contributed by atoms with van der Waals surface area (Å²) >= 11 is 7.86. The Balaban J connectivity index is 1.79. The summed E-state index contributed by atoms with van der Waals surface area (Å²) in [7, 11) is 0. The van der Waals surface area contributed by atoms with Gasteiger partial charge in [-0.3, -0.25) is 9.59 Å². The predicted molar refractivity (Wildman–Crippen MR) is 129 cm³/mol. The minimum atomic E-state index is -0.122. The van der Waals surface area contributed by atoms with E-state index in [0.717, 1.165) is 44.1 Å². The van der Waals surface area contributed by atoms with Gasteiger partial charge in [0.15, 0.2) is 0 Å². The standard InChI is InChI=1S/C25H33ClN2O2S/c1-3-5-7-8-23(29)27(15-6-4-2)18-24(30)28-16-13-22-21(14-17-31-22)25(28)19-9-11-20(26)12-10-19/h9-12,14,17,25H,3-8,13,15-16,18H2,1-2H3. The number of carbonyl (C=O) groups excluding carboxylic acids is 2. The number of benzene rings is 1. The van der Waals surface area contributed by atoms with Crippen molar-refractivity contribution < 1.29 is 9.59 Å². The monoisotopic (exact) mass is 460 g/mol. The van der Waals surface area contributed by atoms with Crippen LogP contribution in [0.15, 0.2) is 35.7 Å². The van der Waals surface area contributed by atoms with Crippen LogP contribution in [0.3, 0.4) is 0 Å². The highest BCUT2D eigenvalue weighted by molar-refractivity contribution is 7.10. The predicted octanol–water partition coefficient (Wildman–Crippen LogP) is 6.08. The van der Waals surface area contributed by atoms with Crippen molar-refractivity contribution in [2.45, 2.75) is 64.8 Å². The normalized spacial score (nSPS) is 15.6. The van der Waals surface area contributed by atoms with E-state index in [1.54, 1.807) is 16.2 Å². The number of thiophene rings is 1. The van der Waals surface area contributed by atoms with Crippen LogP contribution in [0.2, 0.25) is 5.02 Å². The second-order valence-electron chi connectivity index (χ2n) is 8.22. The zero-order valence-electron chi connectivity index (χ0n) is 18.6. The topological polar surface area (TPSA) is 40.6 Å². The fraction of sp³-hybridized carbons (Fsp3) is 0.520. The number of unbranched alkanes of at least 4 members (excludes halogenated alkanes) is 3. The van der Waals surface area contributed by atoms with Gasteiger partial charge in [-0.05, 0) is 54.0 Å². The summed E-state index contributed by atoms with van der Waals surface area (Å²) in [5.41, 5.74) is 2.26.